The lowest BCUT2D eigenvalue weighted by Gasteiger charge is -2.37. The van der Waals surface area contributed by atoms with Crippen LogP contribution < -0.4 is 9.64 Å². The molecule has 1 saturated heterocycles. The highest BCUT2D eigenvalue weighted by Gasteiger charge is 2.48. The molecule has 3 aliphatic rings. The first kappa shape index (κ1) is 31.0. The molecule has 230 valence electrons. The van der Waals surface area contributed by atoms with E-state index >= 15 is 0 Å². The quantitative estimate of drug-likeness (QED) is 0.337. The zero-order valence-corrected chi connectivity index (χ0v) is 24.0. The van der Waals surface area contributed by atoms with E-state index in [2.05, 4.69) is 0 Å². The van der Waals surface area contributed by atoms with Gasteiger partial charge < -0.3 is 19.5 Å². The lowest BCUT2D eigenvalue weighted by atomic mass is 9.87. The van der Waals surface area contributed by atoms with Gasteiger partial charge in [0.15, 0.2) is 0 Å². The van der Waals surface area contributed by atoms with Crippen LogP contribution in [0.5, 0.6) is 5.75 Å². The molecule has 0 spiro atoms. The largest absolute Gasteiger partial charge is 0.491 e. The molecule has 0 bridgehead atoms. The maximum Gasteiger partial charge on any atom is 0.389 e. The standard InChI is InChI=1S/C27H28F6N2O5S2/c1-34-18(6-7-27(31,32)33)12-35(17-4-2-16(28)3-5-17)20-8-22(41-19-10-26(29,30)11-19)21(9-23(20)42(34)38)40-15-25(24(36)37)13-39-14-25/h2-5,8-9,18-19H,6-7,10-15H2,1H3,(H,36,37). The third-order valence-electron chi connectivity index (χ3n) is 7.63. The summed E-state index contributed by atoms with van der Waals surface area (Å²) in [5, 5.41) is 9.21. The van der Waals surface area contributed by atoms with Crippen molar-refractivity contribution in [2.24, 2.45) is 5.41 Å². The normalized spacial score (nSPS) is 23.8. The fourth-order valence-corrected chi connectivity index (χ4v) is 7.71. The monoisotopic (exact) mass is 638 g/mol. The molecule has 7 nitrogen and oxygen atoms in total. The van der Waals surface area contributed by atoms with Gasteiger partial charge in [0.2, 0.25) is 5.92 Å². The van der Waals surface area contributed by atoms with Gasteiger partial charge in [0.1, 0.15) is 34.6 Å². The predicted octanol–water partition coefficient (Wildman–Crippen LogP) is 6.01. The number of aliphatic carboxylic acids is 1. The molecular formula is C27H28F6N2O5S2. The summed E-state index contributed by atoms with van der Waals surface area (Å²) >= 11 is 1.11. The van der Waals surface area contributed by atoms with Gasteiger partial charge in [-0.1, -0.05) is 0 Å². The second-order valence-corrected chi connectivity index (χ2v) is 13.7. The average molecular weight is 639 g/mol. The molecular weight excluding hydrogens is 610 g/mol. The van der Waals surface area contributed by atoms with Gasteiger partial charge in [-0.2, -0.15) is 13.2 Å². The Morgan fingerprint density at radius 1 is 1.19 bits per heavy atom. The van der Waals surface area contributed by atoms with Gasteiger partial charge >= 0.3 is 12.1 Å². The third kappa shape index (κ3) is 6.53. The Morgan fingerprint density at radius 2 is 1.86 bits per heavy atom. The number of nitrogens with zero attached hydrogens (tertiary/aromatic N) is 2. The smallest absolute Gasteiger partial charge is 0.389 e. The van der Waals surface area contributed by atoms with Crippen LogP contribution in [0.3, 0.4) is 0 Å². The van der Waals surface area contributed by atoms with Crippen LogP contribution in [0.2, 0.25) is 0 Å². The van der Waals surface area contributed by atoms with Crippen LogP contribution >= 0.6 is 11.8 Å². The number of benzene rings is 2. The molecule has 0 radical (unpaired) electrons. The van der Waals surface area contributed by atoms with Crippen molar-refractivity contribution in [2.75, 3.05) is 38.3 Å². The first-order valence-corrected chi connectivity index (χ1v) is 15.1. The minimum atomic E-state index is -4.44. The Balaban J connectivity index is 1.57. The molecule has 42 heavy (non-hydrogen) atoms. The number of carboxylic acid groups (broad SMARTS) is 1. The molecule has 0 aromatic heterocycles. The maximum atomic E-state index is 13.8. The number of carboxylic acids is 1. The van der Waals surface area contributed by atoms with Crippen molar-refractivity contribution in [3.8, 4) is 5.75 Å². The van der Waals surface area contributed by atoms with E-state index in [1.807, 2.05) is 0 Å². The fraction of sp³-hybridized carbons (Fsp3) is 0.519. The highest BCUT2D eigenvalue weighted by Crippen LogP contribution is 2.51. The van der Waals surface area contributed by atoms with Gasteiger partial charge in [0, 0.05) is 55.9 Å². The zero-order valence-electron chi connectivity index (χ0n) is 22.3. The topological polar surface area (TPSA) is 79.3 Å². The predicted molar refractivity (Wildman–Crippen MR) is 143 cm³/mol. The molecule has 2 aromatic rings. The van der Waals surface area contributed by atoms with Gasteiger partial charge in [-0.15, -0.1) is 11.8 Å². The van der Waals surface area contributed by atoms with Crippen molar-refractivity contribution >= 4 is 40.1 Å². The van der Waals surface area contributed by atoms with E-state index in [-0.39, 0.29) is 56.3 Å². The maximum absolute atomic E-state index is 13.8. The van der Waals surface area contributed by atoms with Gasteiger partial charge in [-0.05, 0) is 36.8 Å². The third-order valence-corrected chi connectivity index (χ3v) is 10.4. The number of hydrogen-bond acceptors (Lipinski definition) is 6. The van der Waals surface area contributed by atoms with E-state index in [4.69, 9.17) is 9.47 Å². The summed E-state index contributed by atoms with van der Waals surface area (Å²) in [5.41, 5.74) is -0.544. The Kier molecular flexibility index (Phi) is 8.51. The van der Waals surface area contributed by atoms with Crippen molar-refractivity contribution in [1.29, 1.82) is 0 Å². The summed E-state index contributed by atoms with van der Waals surface area (Å²) in [7, 11) is -0.543. The zero-order chi connectivity index (χ0) is 30.4. The minimum absolute atomic E-state index is 0.0256. The van der Waals surface area contributed by atoms with Crippen molar-refractivity contribution < 1.29 is 49.9 Å². The molecule has 2 atom stereocenters. The molecule has 2 aliphatic heterocycles. The first-order valence-electron chi connectivity index (χ1n) is 13.1. The second kappa shape index (κ2) is 11.5. The second-order valence-electron chi connectivity index (χ2n) is 10.8. The molecule has 1 aliphatic carbocycles. The Labute approximate surface area is 244 Å². The van der Waals surface area contributed by atoms with Crippen LogP contribution in [-0.4, -0.2) is 76.4 Å². The average Bonchev–Trinajstić information content (AvgIpc) is 2.96. The SMILES string of the molecule is CN1C(CCC(F)(F)F)CN(c2ccc(F)cc2)c2cc(SC3CC(F)(F)C3)c(OCC3(C(=O)O)COC3)cc2S1=O. The van der Waals surface area contributed by atoms with Crippen molar-refractivity contribution in [3.63, 3.8) is 0 Å². The molecule has 2 heterocycles. The van der Waals surface area contributed by atoms with Crippen LogP contribution in [0.25, 0.3) is 0 Å². The van der Waals surface area contributed by atoms with Crippen LogP contribution in [0.1, 0.15) is 25.7 Å². The molecule has 1 saturated carbocycles. The minimum Gasteiger partial charge on any atom is -0.491 e. The number of hydrogen-bond donors (Lipinski definition) is 1. The van der Waals surface area contributed by atoms with Crippen LogP contribution in [0.4, 0.5) is 37.7 Å². The first-order chi connectivity index (χ1) is 19.7. The van der Waals surface area contributed by atoms with E-state index in [9.17, 15) is 40.5 Å². The number of ether oxygens (including phenoxy) is 2. The van der Waals surface area contributed by atoms with Crippen molar-refractivity contribution in [2.45, 2.75) is 58.9 Å². The summed E-state index contributed by atoms with van der Waals surface area (Å²) in [5.74, 6) is -4.34. The van der Waals surface area contributed by atoms with E-state index in [1.165, 1.54) is 41.7 Å². The van der Waals surface area contributed by atoms with Crippen LogP contribution in [0, 0.1) is 11.2 Å². The lowest BCUT2D eigenvalue weighted by molar-refractivity contribution is -0.185. The number of rotatable bonds is 9. The van der Waals surface area contributed by atoms with E-state index in [1.54, 1.807) is 11.0 Å². The van der Waals surface area contributed by atoms with Crippen molar-refractivity contribution in [1.82, 2.24) is 4.31 Å². The molecule has 5 rings (SSSR count). The Hall–Kier alpha value is -2.49. The fourth-order valence-electron chi connectivity index (χ4n) is 4.97. The summed E-state index contributed by atoms with van der Waals surface area (Å²) < 4.78 is 107. The molecule has 1 N–H and O–H groups in total. The van der Waals surface area contributed by atoms with Gasteiger partial charge in [0.25, 0.3) is 0 Å². The van der Waals surface area contributed by atoms with E-state index in [0.29, 0.717) is 16.3 Å². The number of likely N-dealkylation sites (N-methyl/N-ethyl adjacent to an activating group) is 1. The lowest BCUT2D eigenvalue weighted by Crippen LogP contribution is -2.53. The summed E-state index contributed by atoms with van der Waals surface area (Å²) in [6.07, 6.45) is -6.67. The van der Waals surface area contributed by atoms with Crippen LogP contribution in [-0.2, 0) is 20.5 Å². The molecule has 0 amide bonds. The summed E-state index contributed by atoms with van der Waals surface area (Å²) in [6, 6.07) is 7.47. The van der Waals surface area contributed by atoms with E-state index in [0.717, 1.165) is 11.8 Å². The number of thioether (sulfide) groups is 1. The molecule has 2 aromatic carbocycles. The van der Waals surface area contributed by atoms with E-state index < -0.39 is 58.0 Å². The Bertz CT molecular complexity index is 1350. The van der Waals surface area contributed by atoms with Gasteiger partial charge in [-0.25, -0.2) is 21.7 Å². The van der Waals surface area contributed by atoms with Gasteiger partial charge in [0.05, 0.1) is 28.7 Å². The molecule has 2 unspecified atom stereocenters. The Morgan fingerprint density at radius 3 is 2.40 bits per heavy atom. The number of anilines is 2. The highest BCUT2D eigenvalue weighted by atomic mass is 32.2. The van der Waals surface area contributed by atoms with Gasteiger partial charge in [-0.3, -0.25) is 4.79 Å². The number of fused-ring (bicyclic) bond motifs is 1. The molecule has 15 heteroatoms. The number of carbonyl (C=O) groups is 1. The molecule has 2 fully saturated rings. The van der Waals surface area contributed by atoms with Crippen molar-refractivity contribution in [3.05, 3.63) is 42.2 Å². The van der Waals surface area contributed by atoms with Crippen LogP contribution in [0.15, 0.2) is 46.2 Å². The summed E-state index contributed by atoms with van der Waals surface area (Å²) in [6.45, 7) is -0.493. The highest BCUT2D eigenvalue weighted by molar-refractivity contribution is 8.00. The number of halogens is 6. The number of alkyl halides is 5. The summed E-state index contributed by atoms with van der Waals surface area (Å²) in [4.78, 5) is 14.1.